The number of aromatic nitrogens is 2. The van der Waals surface area contributed by atoms with Crippen LogP contribution in [0.15, 0.2) is 30.5 Å². The number of benzene rings is 1. The Labute approximate surface area is 126 Å². The first kappa shape index (κ1) is 15.9. The van der Waals surface area contributed by atoms with Gasteiger partial charge in [-0.2, -0.15) is 13.9 Å². The Morgan fingerprint density at radius 3 is 2.59 bits per heavy atom. The van der Waals surface area contributed by atoms with E-state index in [1.54, 1.807) is 24.7 Å². The average molecular weight is 309 g/mol. The lowest BCUT2D eigenvalue weighted by atomic mass is 10.2. The molecule has 2 rings (SSSR count). The lowest BCUT2D eigenvalue weighted by molar-refractivity contribution is -0.119. The molecule has 1 atom stereocenters. The van der Waals surface area contributed by atoms with E-state index in [0.717, 1.165) is 5.69 Å². The Bertz CT molecular complexity index is 671. The molecular weight excluding hydrogens is 292 g/mol. The molecule has 118 valence electrons. The lowest BCUT2D eigenvalue weighted by Crippen LogP contribution is -2.24. The number of rotatable bonds is 5. The third kappa shape index (κ3) is 3.81. The third-order valence-corrected chi connectivity index (χ3v) is 3.20. The molecule has 1 aromatic carbocycles. The van der Waals surface area contributed by atoms with Gasteiger partial charge in [0.05, 0.1) is 5.69 Å². The van der Waals surface area contributed by atoms with Gasteiger partial charge in [-0.05, 0) is 50.6 Å². The summed E-state index contributed by atoms with van der Waals surface area (Å²) in [7, 11) is 0. The van der Waals surface area contributed by atoms with Crippen LogP contribution in [0, 0.1) is 13.8 Å². The summed E-state index contributed by atoms with van der Waals surface area (Å²) in [4.78, 5) is 12.2. The first-order valence-corrected chi connectivity index (χ1v) is 6.75. The van der Waals surface area contributed by atoms with Crippen LogP contribution in [0.25, 0.3) is 0 Å². The number of hydrogen-bond acceptors (Lipinski definition) is 3. The van der Waals surface area contributed by atoms with Gasteiger partial charge in [-0.3, -0.25) is 9.48 Å². The van der Waals surface area contributed by atoms with Crippen molar-refractivity contribution >= 4 is 11.6 Å². The number of carbonyl (C=O) groups is 1. The summed E-state index contributed by atoms with van der Waals surface area (Å²) in [5.41, 5.74) is 2.00. The van der Waals surface area contributed by atoms with Gasteiger partial charge in [0.1, 0.15) is 11.8 Å². The fraction of sp³-hybridized carbons (Fsp3) is 0.333. The molecule has 0 radical (unpaired) electrons. The largest absolute Gasteiger partial charge is 0.435 e. The molecule has 5 nitrogen and oxygen atoms in total. The van der Waals surface area contributed by atoms with Crippen LogP contribution in [0.3, 0.4) is 0 Å². The van der Waals surface area contributed by atoms with E-state index in [-0.39, 0.29) is 11.7 Å². The van der Waals surface area contributed by atoms with Crippen molar-refractivity contribution in [2.45, 2.75) is 33.4 Å². The molecule has 1 amide bonds. The molecule has 1 N–H and O–H groups in total. The SMILES string of the molecule is Cc1ccn(C(C)C(=O)Nc2ccc(OC(F)F)cc2C)n1. The second-order valence-corrected chi connectivity index (χ2v) is 4.96. The highest BCUT2D eigenvalue weighted by Gasteiger charge is 2.17. The van der Waals surface area contributed by atoms with E-state index in [2.05, 4.69) is 15.2 Å². The van der Waals surface area contributed by atoms with Gasteiger partial charge in [-0.25, -0.2) is 0 Å². The molecule has 0 saturated heterocycles. The van der Waals surface area contributed by atoms with Crippen molar-refractivity contribution in [3.63, 3.8) is 0 Å². The van der Waals surface area contributed by atoms with Crippen LogP contribution < -0.4 is 10.1 Å². The summed E-state index contributed by atoms with van der Waals surface area (Å²) in [5, 5.41) is 6.95. The second-order valence-electron chi connectivity index (χ2n) is 4.96. The Morgan fingerprint density at radius 2 is 2.05 bits per heavy atom. The van der Waals surface area contributed by atoms with Crippen LogP contribution in [-0.4, -0.2) is 22.3 Å². The van der Waals surface area contributed by atoms with Crippen LogP contribution >= 0.6 is 0 Å². The van der Waals surface area contributed by atoms with E-state index in [0.29, 0.717) is 11.3 Å². The van der Waals surface area contributed by atoms with Crippen molar-refractivity contribution in [2.24, 2.45) is 0 Å². The highest BCUT2D eigenvalue weighted by molar-refractivity contribution is 5.94. The highest BCUT2D eigenvalue weighted by atomic mass is 19.3. The topological polar surface area (TPSA) is 56.2 Å². The normalized spacial score (nSPS) is 12.3. The van der Waals surface area contributed by atoms with Gasteiger partial charge >= 0.3 is 6.61 Å². The standard InChI is InChI=1S/C15H17F2N3O2/c1-9-8-12(22-15(16)17)4-5-13(9)18-14(21)11(3)20-7-6-10(2)19-20/h4-8,11,15H,1-3H3,(H,18,21). The van der Waals surface area contributed by atoms with Gasteiger partial charge in [0.15, 0.2) is 0 Å². The summed E-state index contributed by atoms with van der Waals surface area (Å²) < 4.78 is 30.2. The van der Waals surface area contributed by atoms with Crippen LogP contribution in [0.1, 0.15) is 24.2 Å². The number of aryl methyl sites for hydroxylation is 2. The van der Waals surface area contributed by atoms with Crippen LogP contribution in [0.4, 0.5) is 14.5 Å². The molecule has 1 unspecified atom stereocenters. The quantitative estimate of drug-likeness (QED) is 0.922. The summed E-state index contributed by atoms with van der Waals surface area (Å²) in [6.45, 7) is 2.40. The molecule has 0 bridgehead atoms. The maximum atomic E-state index is 12.2. The predicted molar refractivity (Wildman–Crippen MR) is 78.1 cm³/mol. The van der Waals surface area contributed by atoms with E-state index in [9.17, 15) is 13.6 Å². The number of nitrogens with zero attached hydrogens (tertiary/aromatic N) is 2. The second kappa shape index (κ2) is 6.55. The van der Waals surface area contributed by atoms with Crippen LogP contribution in [-0.2, 0) is 4.79 Å². The zero-order valence-electron chi connectivity index (χ0n) is 12.5. The van der Waals surface area contributed by atoms with Crippen molar-refractivity contribution in [2.75, 3.05) is 5.32 Å². The number of amides is 1. The van der Waals surface area contributed by atoms with Crippen LogP contribution in [0.5, 0.6) is 5.75 Å². The average Bonchev–Trinajstić information content (AvgIpc) is 2.87. The summed E-state index contributed by atoms with van der Waals surface area (Å²) in [6, 6.07) is 5.70. The Morgan fingerprint density at radius 1 is 1.32 bits per heavy atom. The van der Waals surface area contributed by atoms with Crippen LogP contribution in [0.2, 0.25) is 0 Å². The summed E-state index contributed by atoms with van der Waals surface area (Å²) in [6.07, 6.45) is 1.73. The molecule has 7 heteroatoms. The monoisotopic (exact) mass is 309 g/mol. The van der Waals surface area contributed by atoms with Crippen molar-refractivity contribution in [3.8, 4) is 5.75 Å². The zero-order valence-corrected chi connectivity index (χ0v) is 12.5. The number of ether oxygens (including phenoxy) is 1. The molecule has 0 aliphatic heterocycles. The Kier molecular flexibility index (Phi) is 4.75. The molecule has 0 aliphatic rings. The van der Waals surface area contributed by atoms with E-state index in [1.807, 2.05) is 13.0 Å². The molecule has 1 heterocycles. The molecule has 0 spiro atoms. The van der Waals surface area contributed by atoms with Gasteiger partial charge in [0, 0.05) is 11.9 Å². The van der Waals surface area contributed by atoms with E-state index >= 15 is 0 Å². The molecule has 0 fully saturated rings. The van der Waals surface area contributed by atoms with Crippen molar-refractivity contribution in [1.82, 2.24) is 9.78 Å². The number of halogens is 2. The lowest BCUT2D eigenvalue weighted by Gasteiger charge is -2.15. The van der Waals surface area contributed by atoms with E-state index in [4.69, 9.17) is 0 Å². The highest BCUT2D eigenvalue weighted by Crippen LogP contribution is 2.23. The third-order valence-electron chi connectivity index (χ3n) is 3.20. The first-order chi connectivity index (χ1) is 10.4. The predicted octanol–water partition coefficient (Wildman–Crippen LogP) is 3.30. The molecular formula is C15H17F2N3O2. The smallest absolute Gasteiger partial charge is 0.387 e. The fourth-order valence-corrected chi connectivity index (χ4v) is 1.96. The van der Waals surface area contributed by atoms with Gasteiger partial charge in [0.2, 0.25) is 5.91 Å². The summed E-state index contributed by atoms with van der Waals surface area (Å²) >= 11 is 0. The number of nitrogens with one attached hydrogen (secondary N) is 1. The molecule has 2 aromatic rings. The number of hydrogen-bond donors (Lipinski definition) is 1. The van der Waals surface area contributed by atoms with Crippen molar-refractivity contribution < 1.29 is 18.3 Å². The van der Waals surface area contributed by atoms with Gasteiger partial charge in [-0.15, -0.1) is 0 Å². The maximum absolute atomic E-state index is 12.2. The number of alkyl halides is 2. The summed E-state index contributed by atoms with van der Waals surface area (Å²) in [5.74, 6) is -0.185. The first-order valence-electron chi connectivity index (χ1n) is 6.75. The number of anilines is 1. The number of carbonyl (C=O) groups excluding carboxylic acids is 1. The Hall–Kier alpha value is -2.44. The van der Waals surface area contributed by atoms with Crippen molar-refractivity contribution in [3.05, 3.63) is 41.7 Å². The minimum Gasteiger partial charge on any atom is -0.435 e. The fourth-order valence-electron chi connectivity index (χ4n) is 1.96. The Balaban J connectivity index is 2.08. The minimum atomic E-state index is -2.87. The van der Waals surface area contributed by atoms with Gasteiger partial charge in [-0.1, -0.05) is 0 Å². The maximum Gasteiger partial charge on any atom is 0.387 e. The van der Waals surface area contributed by atoms with E-state index < -0.39 is 12.7 Å². The van der Waals surface area contributed by atoms with Gasteiger partial charge < -0.3 is 10.1 Å². The molecule has 0 aliphatic carbocycles. The molecule has 0 saturated carbocycles. The van der Waals surface area contributed by atoms with E-state index in [1.165, 1.54) is 18.2 Å². The minimum absolute atomic E-state index is 0.0567. The molecule has 22 heavy (non-hydrogen) atoms. The zero-order chi connectivity index (χ0) is 16.3. The van der Waals surface area contributed by atoms with Gasteiger partial charge in [0.25, 0.3) is 0 Å². The molecule has 1 aromatic heterocycles. The van der Waals surface area contributed by atoms with Crippen molar-refractivity contribution in [1.29, 1.82) is 0 Å².